The number of allylic oxidation sites excluding steroid dienone is 2. The Hall–Kier alpha value is -2.96. The number of carbonyl (C=O) groups is 4. The molecule has 178 valence electrons. The minimum absolute atomic E-state index is 0.00202. The predicted octanol–water partition coefficient (Wildman–Crippen LogP) is 2.83. The lowest BCUT2D eigenvalue weighted by Crippen LogP contribution is -2.49. The van der Waals surface area contributed by atoms with E-state index in [1.807, 2.05) is 57.2 Å². The first kappa shape index (κ1) is 24.7. The highest BCUT2D eigenvalue weighted by Gasteiger charge is 2.47. The number of amides is 4. The van der Waals surface area contributed by atoms with Crippen molar-refractivity contribution in [3.05, 3.63) is 47.5 Å². The van der Waals surface area contributed by atoms with E-state index in [1.54, 1.807) is 11.8 Å². The van der Waals surface area contributed by atoms with E-state index in [9.17, 15) is 19.2 Å². The molecule has 0 spiro atoms. The van der Waals surface area contributed by atoms with E-state index in [0.29, 0.717) is 25.3 Å². The normalized spacial score (nSPS) is 20.7. The average Bonchev–Trinajstić information content (AvgIpc) is 3.03. The molecule has 1 aliphatic heterocycles. The zero-order valence-electron chi connectivity index (χ0n) is 20.0. The second kappa shape index (κ2) is 10.8. The van der Waals surface area contributed by atoms with Gasteiger partial charge in [-0.2, -0.15) is 0 Å². The zero-order valence-corrected chi connectivity index (χ0v) is 20.0. The van der Waals surface area contributed by atoms with Gasteiger partial charge in [-0.05, 0) is 38.2 Å². The lowest BCUT2D eigenvalue weighted by Gasteiger charge is -2.29. The first-order valence-corrected chi connectivity index (χ1v) is 11.8. The minimum Gasteiger partial charge on any atom is -0.354 e. The second-order valence-electron chi connectivity index (χ2n) is 9.56. The van der Waals surface area contributed by atoms with Crippen molar-refractivity contribution in [3.63, 3.8) is 0 Å². The van der Waals surface area contributed by atoms with Crippen LogP contribution in [0.15, 0.2) is 36.4 Å². The third-order valence-corrected chi connectivity index (χ3v) is 6.44. The fraction of sp³-hybridized carbons (Fsp3) is 0.538. The van der Waals surface area contributed by atoms with Crippen LogP contribution in [-0.2, 0) is 25.7 Å². The number of fused-ring (bicyclic) bond motifs is 1. The summed E-state index contributed by atoms with van der Waals surface area (Å²) < 4.78 is 0. The molecule has 3 rings (SSSR count). The number of likely N-dealkylation sites (tertiary alicyclic amines) is 1. The molecule has 0 bridgehead atoms. The van der Waals surface area contributed by atoms with Crippen molar-refractivity contribution in [2.75, 3.05) is 13.1 Å². The lowest BCUT2D eigenvalue weighted by atomic mass is 9.85. The van der Waals surface area contributed by atoms with Crippen LogP contribution in [0.2, 0.25) is 0 Å². The molecular weight excluding hydrogens is 418 g/mol. The Balaban J connectivity index is 1.71. The highest BCUT2D eigenvalue weighted by Crippen LogP contribution is 2.35. The number of nitrogens with one attached hydrogen (secondary N) is 1. The number of aryl methyl sites for hydroxylation is 1. The number of hydrogen-bond acceptors (Lipinski definition) is 4. The van der Waals surface area contributed by atoms with Crippen LogP contribution in [-0.4, -0.2) is 52.6 Å². The van der Waals surface area contributed by atoms with Crippen molar-refractivity contribution in [2.45, 2.75) is 59.5 Å². The zero-order chi connectivity index (χ0) is 24.1. The molecule has 3 atom stereocenters. The van der Waals surface area contributed by atoms with Crippen molar-refractivity contribution in [1.29, 1.82) is 0 Å². The molecular formula is C26H35N3O4. The van der Waals surface area contributed by atoms with Crippen LogP contribution in [0.4, 0.5) is 0 Å². The monoisotopic (exact) mass is 453 g/mol. The van der Waals surface area contributed by atoms with Crippen LogP contribution in [0, 0.1) is 24.7 Å². The average molecular weight is 454 g/mol. The van der Waals surface area contributed by atoms with Gasteiger partial charge in [-0.1, -0.05) is 55.8 Å². The first-order chi connectivity index (χ1) is 15.7. The van der Waals surface area contributed by atoms with Gasteiger partial charge in [0.25, 0.3) is 0 Å². The summed E-state index contributed by atoms with van der Waals surface area (Å²) in [7, 11) is 0. The molecule has 1 aliphatic carbocycles. The molecule has 1 heterocycles. The van der Waals surface area contributed by atoms with Crippen molar-refractivity contribution < 1.29 is 19.2 Å². The Bertz CT molecular complexity index is 913. The predicted molar refractivity (Wildman–Crippen MR) is 126 cm³/mol. The van der Waals surface area contributed by atoms with Crippen LogP contribution in [0.1, 0.15) is 51.2 Å². The van der Waals surface area contributed by atoms with E-state index < -0.39 is 6.04 Å². The summed E-state index contributed by atoms with van der Waals surface area (Å²) in [5, 5.41) is 2.90. The molecule has 4 amide bonds. The molecule has 1 unspecified atom stereocenters. The largest absolute Gasteiger partial charge is 0.354 e. The summed E-state index contributed by atoms with van der Waals surface area (Å²) >= 11 is 0. The number of rotatable bonds is 9. The summed E-state index contributed by atoms with van der Waals surface area (Å²) in [6, 6.07) is 7.15. The van der Waals surface area contributed by atoms with E-state index >= 15 is 0 Å². The van der Waals surface area contributed by atoms with E-state index in [4.69, 9.17) is 0 Å². The summed E-state index contributed by atoms with van der Waals surface area (Å²) in [4.78, 5) is 54.3. The maximum Gasteiger partial charge on any atom is 0.242 e. The van der Waals surface area contributed by atoms with Crippen LogP contribution in [0.5, 0.6) is 0 Å². The molecule has 1 aromatic carbocycles. The quantitative estimate of drug-likeness (QED) is 0.460. The lowest BCUT2D eigenvalue weighted by molar-refractivity contribution is -0.143. The Morgan fingerprint density at radius 1 is 1.09 bits per heavy atom. The summed E-state index contributed by atoms with van der Waals surface area (Å²) in [6.45, 7) is 8.59. The fourth-order valence-electron chi connectivity index (χ4n) is 4.48. The summed E-state index contributed by atoms with van der Waals surface area (Å²) in [6.07, 6.45) is 5.04. The summed E-state index contributed by atoms with van der Waals surface area (Å²) in [5.74, 6) is -1.15. The van der Waals surface area contributed by atoms with Crippen LogP contribution < -0.4 is 5.32 Å². The Morgan fingerprint density at radius 2 is 1.73 bits per heavy atom. The highest BCUT2D eigenvalue weighted by molar-refractivity contribution is 6.05. The van der Waals surface area contributed by atoms with Crippen molar-refractivity contribution in [2.24, 2.45) is 17.8 Å². The molecule has 0 radical (unpaired) electrons. The number of imide groups is 1. The number of nitrogens with zero attached hydrogens (tertiary/aromatic N) is 2. The molecule has 7 nitrogen and oxygen atoms in total. The van der Waals surface area contributed by atoms with Crippen molar-refractivity contribution in [3.8, 4) is 0 Å². The topological polar surface area (TPSA) is 86.8 Å². The van der Waals surface area contributed by atoms with E-state index in [-0.39, 0.29) is 55.0 Å². The molecule has 1 fully saturated rings. The smallest absolute Gasteiger partial charge is 0.242 e. The molecule has 0 saturated carbocycles. The third-order valence-electron chi connectivity index (χ3n) is 6.44. The van der Waals surface area contributed by atoms with Crippen molar-refractivity contribution >= 4 is 23.6 Å². The van der Waals surface area contributed by atoms with Gasteiger partial charge in [-0.15, -0.1) is 0 Å². The molecule has 7 heteroatoms. The van der Waals surface area contributed by atoms with Crippen molar-refractivity contribution in [1.82, 2.24) is 15.1 Å². The van der Waals surface area contributed by atoms with Crippen LogP contribution in [0.25, 0.3) is 0 Å². The van der Waals surface area contributed by atoms with Gasteiger partial charge in [0.1, 0.15) is 6.04 Å². The summed E-state index contributed by atoms with van der Waals surface area (Å²) in [5.41, 5.74) is 2.00. The van der Waals surface area contributed by atoms with Gasteiger partial charge in [0, 0.05) is 26.1 Å². The van der Waals surface area contributed by atoms with Gasteiger partial charge in [0.05, 0.1) is 11.8 Å². The van der Waals surface area contributed by atoms with E-state index in [1.165, 1.54) is 4.90 Å². The molecule has 1 aromatic rings. The minimum atomic E-state index is -0.673. The SMILES string of the molecule is Cc1cccc(CN(C(=O)CCN2C(=O)[C@H]3CC=CC[C@H]3C2=O)C(C)C(=O)NCC(C)C)c1. The van der Waals surface area contributed by atoms with Gasteiger partial charge in [0.2, 0.25) is 23.6 Å². The molecule has 2 aliphatic rings. The number of hydrogen-bond donors (Lipinski definition) is 1. The Morgan fingerprint density at radius 3 is 2.30 bits per heavy atom. The van der Waals surface area contributed by atoms with E-state index in [0.717, 1.165) is 11.1 Å². The Labute approximate surface area is 196 Å². The molecule has 1 saturated heterocycles. The Kier molecular flexibility index (Phi) is 8.06. The number of carbonyl (C=O) groups excluding carboxylic acids is 4. The van der Waals surface area contributed by atoms with Gasteiger partial charge >= 0.3 is 0 Å². The maximum absolute atomic E-state index is 13.3. The van der Waals surface area contributed by atoms with Crippen LogP contribution >= 0.6 is 0 Å². The molecule has 1 N–H and O–H groups in total. The molecule has 0 aromatic heterocycles. The second-order valence-corrected chi connectivity index (χ2v) is 9.56. The highest BCUT2D eigenvalue weighted by atomic mass is 16.2. The fourth-order valence-corrected chi connectivity index (χ4v) is 4.48. The van der Waals surface area contributed by atoms with E-state index in [2.05, 4.69) is 5.32 Å². The maximum atomic E-state index is 13.3. The van der Waals surface area contributed by atoms with Gasteiger partial charge < -0.3 is 10.2 Å². The number of benzene rings is 1. The van der Waals surface area contributed by atoms with Gasteiger partial charge in [-0.25, -0.2) is 0 Å². The van der Waals surface area contributed by atoms with Gasteiger partial charge in [-0.3, -0.25) is 24.1 Å². The van der Waals surface area contributed by atoms with Crippen LogP contribution in [0.3, 0.4) is 0 Å². The van der Waals surface area contributed by atoms with Gasteiger partial charge in [0.15, 0.2) is 0 Å². The third kappa shape index (κ3) is 5.89. The first-order valence-electron chi connectivity index (χ1n) is 11.8. The molecule has 33 heavy (non-hydrogen) atoms. The standard InChI is InChI=1S/C26H35N3O4/c1-17(2)15-27-24(31)19(4)29(16-20-9-7-8-18(3)14-20)23(30)12-13-28-25(32)21-10-5-6-11-22(21)26(28)33/h5-9,14,17,19,21-22H,10-13,15-16H2,1-4H3,(H,27,31)/t19?,21-,22+.